The van der Waals surface area contributed by atoms with E-state index in [4.69, 9.17) is 0 Å². The van der Waals surface area contributed by atoms with Crippen LogP contribution in [0.25, 0.3) is 10.2 Å². The Hall–Kier alpha value is -2.48. The van der Waals surface area contributed by atoms with Gasteiger partial charge in [0.2, 0.25) is 0 Å². The smallest absolute Gasteiger partial charge is 0.298 e. The number of hydrogen-bond acceptors (Lipinski definition) is 3. The molecule has 0 saturated heterocycles. The molecule has 1 amide bonds. The van der Waals surface area contributed by atoms with Crippen LogP contribution >= 0.6 is 11.3 Å². The van der Waals surface area contributed by atoms with Crippen molar-refractivity contribution in [1.82, 2.24) is 4.98 Å². The third kappa shape index (κ3) is 3.16. The van der Waals surface area contributed by atoms with E-state index in [-0.39, 0.29) is 16.2 Å². The average molecular weight is 340 g/mol. The summed E-state index contributed by atoms with van der Waals surface area (Å²) in [5.74, 6) is -1.06. The third-order valence-corrected chi connectivity index (χ3v) is 3.99. The fraction of sp³-hybridized carbons (Fsp3) is 0.0667. The van der Waals surface area contributed by atoms with E-state index in [2.05, 4.69) is 10.3 Å². The Morgan fingerprint density at radius 3 is 2.43 bits per heavy atom. The first kappa shape index (κ1) is 15.4. The number of fused-ring (bicyclic) bond motifs is 1. The number of hydrogen-bond donors (Lipinski definition) is 1. The summed E-state index contributed by atoms with van der Waals surface area (Å²) < 4.78 is 51.9. The molecule has 118 valence electrons. The summed E-state index contributed by atoms with van der Waals surface area (Å²) in [6, 6.07) is 8.51. The third-order valence-electron chi connectivity index (χ3n) is 3.05. The van der Waals surface area contributed by atoms with Crippen LogP contribution in [0.4, 0.5) is 22.7 Å². The lowest BCUT2D eigenvalue weighted by molar-refractivity contribution is -0.136. The van der Waals surface area contributed by atoms with E-state index in [1.54, 1.807) is 0 Å². The van der Waals surface area contributed by atoms with E-state index in [0.29, 0.717) is 4.70 Å². The van der Waals surface area contributed by atoms with Crippen molar-refractivity contribution in [1.29, 1.82) is 0 Å². The summed E-state index contributed by atoms with van der Waals surface area (Å²) in [4.78, 5) is 15.8. The number of alkyl halides is 3. The normalized spacial score (nSPS) is 11.7. The number of halogens is 4. The van der Waals surface area contributed by atoms with Gasteiger partial charge in [-0.1, -0.05) is 17.4 Å². The van der Waals surface area contributed by atoms with Crippen LogP contribution in [-0.2, 0) is 6.18 Å². The van der Waals surface area contributed by atoms with Gasteiger partial charge in [0.1, 0.15) is 5.82 Å². The Balaban J connectivity index is 1.92. The lowest BCUT2D eigenvalue weighted by Crippen LogP contribution is -2.11. The molecule has 3 nitrogen and oxygen atoms in total. The van der Waals surface area contributed by atoms with Gasteiger partial charge < -0.3 is 0 Å². The lowest BCUT2D eigenvalue weighted by Gasteiger charge is -2.06. The number of carbonyl (C=O) groups excluding carboxylic acids is 1. The summed E-state index contributed by atoms with van der Waals surface area (Å²) >= 11 is 0.937. The van der Waals surface area contributed by atoms with Crippen LogP contribution in [0.3, 0.4) is 0 Å². The zero-order chi connectivity index (χ0) is 16.6. The molecule has 0 unspecified atom stereocenters. The first-order valence-electron chi connectivity index (χ1n) is 6.38. The van der Waals surface area contributed by atoms with Gasteiger partial charge in [-0.3, -0.25) is 10.1 Å². The van der Waals surface area contributed by atoms with Crippen LogP contribution in [-0.4, -0.2) is 10.9 Å². The fourth-order valence-corrected chi connectivity index (χ4v) is 2.89. The molecule has 1 N–H and O–H groups in total. The van der Waals surface area contributed by atoms with E-state index < -0.39 is 23.5 Å². The van der Waals surface area contributed by atoms with Gasteiger partial charge in [0.05, 0.1) is 15.8 Å². The van der Waals surface area contributed by atoms with Crippen molar-refractivity contribution in [2.75, 3.05) is 5.32 Å². The number of benzene rings is 2. The predicted molar refractivity (Wildman–Crippen MR) is 79.0 cm³/mol. The number of rotatable bonds is 2. The van der Waals surface area contributed by atoms with Crippen molar-refractivity contribution in [2.45, 2.75) is 6.18 Å². The van der Waals surface area contributed by atoms with Crippen molar-refractivity contribution in [2.24, 2.45) is 0 Å². The molecule has 0 spiro atoms. The monoisotopic (exact) mass is 340 g/mol. The lowest BCUT2D eigenvalue weighted by atomic mass is 10.2. The number of carbonyl (C=O) groups is 1. The summed E-state index contributed by atoms with van der Waals surface area (Å²) in [5.41, 5.74) is -0.880. The largest absolute Gasteiger partial charge is 0.418 e. The van der Waals surface area contributed by atoms with Crippen LogP contribution in [0.5, 0.6) is 0 Å². The predicted octanol–water partition coefficient (Wildman–Crippen LogP) is 4.71. The molecule has 0 saturated carbocycles. The van der Waals surface area contributed by atoms with Gasteiger partial charge in [-0.15, -0.1) is 0 Å². The average Bonchev–Trinajstić information content (AvgIpc) is 2.88. The van der Waals surface area contributed by atoms with Gasteiger partial charge in [-0.25, -0.2) is 9.37 Å². The summed E-state index contributed by atoms with van der Waals surface area (Å²) in [5, 5.41) is 2.47. The van der Waals surface area contributed by atoms with Gasteiger partial charge in [0, 0.05) is 5.56 Å². The van der Waals surface area contributed by atoms with E-state index in [1.165, 1.54) is 24.3 Å². The molecular formula is C15H8F4N2OS. The number of aromatic nitrogens is 1. The number of amides is 1. The van der Waals surface area contributed by atoms with E-state index in [0.717, 1.165) is 29.5 Å². The van der Waals surface area contributed by atoms with E-state index >= 15 is 0 Å². The van der Waals surface area contributed by atoms with Crippen LogP contribution < -0.4 is 5.32 Å². The van der Waals surface area contributed by atoms with Gasteiger partial charge >= 0.3 is 6.18 Å². The Labute approximate surface area is 131 Å². The molecule has 1 heterocycles. The molecule has 0 aliphatic heterocycles. The minimum Gasteiger partial charge on any atom is -0.298 e. The molecule has 1 aromatic heterocycles. The van der Waals surface area contributed by atoms with Crippen LogP contribution in [0.15, 0.2) is 42.5 Å². The zero-order valence-corrected chi connectivity index (χ0v) is 12.1. The maximum atomic E-state index is 12.9. The molecule has 0 atom stereocenters. The van der Waals surface area contributed by atoms with Crippen LogP contribution in [0.1, 0.15) is 15.9 Å². The number of thiazole rings is 1. The number of nitrogens with one attached hydrogen (secondary N) is 1. The van der Waals surface area contributed by atoms with E-state index in [9.17, 15) is 22.4 Å². The van der Waals surface area contributed by atoms with Crippen LogP contribution in [0, 0.1) is 5.82 Å². The Morgan fingerprint density at radius 2 is 1.78 bits per heavy atom. The SMILES string of the molecule is O=C(Nc1nc2c(C(F)(F)F)cccc2s1)c1ccc(F)cc1. The second-order valence-electron chi connectivity index (χ2n) is 4.63. The molecule has 23 heavy (non-hydrogen) atoms. The second-order valence-corrected chi connectivity index (χ2v) is 5.66. The van der Waals surface area contributed by atoms with Gasteiger partial charge in [0.25, 0.3) is 5.91 Å². The molecule has 0 radical (unpaired) electrons. The molecule has 0 bridgehead atoms. The van der Waals surface area contributed by atoms with E-state index in [1.807, 2.05) is 0 Å². The summed E-state index contributed by atoms with van der Waals surface area (Å²) in [6.07, 6.45) is -4.52. The highest BCUT2D eigenvalue weighted by atomic mass is 32.1. The van der Waals surface area contributed by atoms with Gasteiger partial charge in [-0.05, 0) is 36.4 Å². The Morgan fingerprint density at radius 1 is 1.09 bits per heavy atom. The Bertz CT molecular complexity index is 871. The van der Waals surface area contributed by atoms with Crippen molar-refractivity contribution in [3.05, 3.63) is 59.4 Å². The highest BCUT2D eigenvalue weighted by Gasteiger charge is 2.33. The second kappa shape index (κ2) is 5.62. The van der Waals surface area contributed by atoms with Crippen molar-refractivity contribution in [3.8, 4) is 0 Å². The minimum absolute atomic E-state index is 0.0472. The van der Waals surface area contributed by atoms with Crippen molar-refractivity contribution in [3.63, 3.8) is 0 Å². The molecule has 3 rings (SSSR count). The first-order valence-corrected chi connectivity index (χ1v) is 7.20. The fourth-order valence-electron chi connectivity index (χ4n) is 2.00. The minimum atomic E-state index is -4.52. The quantitative estimate of drug-likeness (QED) is 0.687. The van der Waals surface area contributed by atoms with Gasteiger partial charge in [0.15, 0.2) is 5.13 Å². The number of nitrogens with zero attached hydrogens (tertiary/aromatic N) is 1. The maximum Gasteiger partial charge on any atom is 0.418 e. The zero-order valence-electron chi connectivity index (χ0n) is 11.3. The molecule has 8 heteroatoms. The first-order chi connectivity index (χ1) is 10.8. The molecule has 3 aromatic rings. The molecule has 0 aliphatic carbocycles. The highest BCUT2D eigenvalue weighted by molar-refractivity contribution is 7.22. The molecule has 0 aliphatic rings. The van der Waals surface area contributed by atoms with Crippen LogP contribution in [0.2, 0.25) is 0 Å². The topological polar surface area (TPSA) is 42.0 Å². The molecular weight excluding hydrogens is 332 g/mol. The standard InChI is InChI=1S/C15H8F4N2OS/c16-9-6-4-8(5-7-9)13(22)21-14-20-12-10(15(17,18)19)2-1-3-11(12)23-14/h1-7H,(H,20,21,22). The maximum absolute atomic E-state index is 12.9. The highest BCUT2D eigenvalue weighted by Crippen LogP contribution is 2.37. The van der Waals surface area contributed by atoms with Crippen molar-refractivity contribution < 1.29 is 22.4 Å². The number of para-hydroxylation sites is 1. The Kier molecular flexibility index (Phi) is 3.77. The summed E-state index contributed by atoms with van der Waals surface area (Å²) in [6.45, 7) is 0. The molecule has 2 aromatic carbocycles. The number of anilines is 1. The van der Waals surface area contributed by atoms with Crippen molar-refractivity contribution >= 4 is 32.6 Å². The van der Waals surface area contributed by atoms with Gasteiger partial charge in [-0.2, -0.15) is 13.2 Å². The molecule has 0 fully saturated rings. The summed E-state index contributed by atoms with van der Waals surface area (Å²) in [7, 11) is 0.